The van der Waals surface area contributed by atoms with Crippen LogP contribution < -0.4 is 4.74 Å². The molecule has 0 unspecified atom stereocenters. The number of hydrogen-bond acceptors (Lipinski definition) is 6. The van der Waals surface area contributed by atoms with Gasteiger partial charge in [-0.3, -0.25) is 9.20 Å². The minimum absolute atomic E-state index is 0.0701. The molecule has 2 N–H and O–H groups in total. The van der Waals surface area contributed by atoms with Crippen molar-refractivity contribution < 1.29 is 19.7 Å². The number of aromatic hydroxyl groups is 1. The number of aryl methyl sites for hydroxylation is 1. The first-order valence-corrected chi connectivity index (χ1v) is 10.1. The summed E-state index contributed by atoms with van der Waals surface area (Å²) in [6.45, 7) is 0. The molecular formula is C22H19N3O4S. The molecule has 2 aromatic heterocycles. The number of aliphatic carboxylic acids is 1. The summed E-state index contributed by atoms with van der Waals surface area (Å²) in [7, 11) is 1.51. The van der Waals surface area contributed by atoms with E-state index in [0.717, 1.165) is 26.8 Å². The largest absolute Gasteiger partial charge is 0.504 e. The first-order valence-electron chi connectivity index (χ1n) is 9.23. The fourth-order valence-electron chi connectivity index (χ4n) is 3.03. The van der Waals surface area contributed by atoms with E-state index >= 15 is 0 Å². The average molecular weight is 421 g/mol. The summed E-state index contributed by atoms with van der Waals surface area (Å²) in [4.78, 5) is 20.9. The minimum atomic E-state index is -0.803. The Morgan fingerprint density at radius 3 is 2.70 bits per heavy atom. The second kappa shape index (κ2) is 8.46. The van der Waals surface area contributed by atoms with Gasteiger partial charge in [-0.1, -0.05) is 23.9 Å². The van der Waals surface area contributed by atoms with E-state index in [4.69, 9.17) is 14.8 Å². The van der Waals surface area contributed by atoms with Crippen molar-refractivity contribution >= 4 is 23.4 Å². The van der Waals surface area contributed by atoms with Crippen LogP contribution >= 0.6 is 11.8 Å². The van der Waals surface area contributed by atoms with Crippen molar-refractivity contribution in [3.8, 4) is 22.8 Å². The molecule has 0 saturated carbocycles. The van der Waals surface area contributed by atoms with Crippen molar-refractivity contribution in [3.05, 3.63) is 66.5 Å². The number of aromatic nitrogens is 3. The van der Waals surface area contributed by atoms with Crippen LogP contribution in [-0.4, -0.2) is 37.7 Å². The average Bonchev–Trinajstić information content (AvgIpc) is 3.22. The summed E-state index contributed by atoms with van der Waals surface area (Å²) in [5.41, 5.74) is 3.26. The van der Waals surface area contributed by atoms with Crippen molar-refractivity contribution in [2.24, 2.45) is 0 Å². The van der Waals surface area contributed by atoms with Crippen molar-refractivity contribution in [2.45, 2.75) is 22.9 Å². The number of benzene rings is 2. The van der Waals surface area contributed by atoms with E-state index in [0.29, 0.717) is 17.9 Å². The first kappa shape index (κ1) is 19.8. The molecule has 0 bridgehead atoms. The van der Waals surface area contributed by atoms with Gasteiger partial charge in [-0.2, -0.15) is 0 Å². The molecule has 2 aromatic carbocycles. The highest BCUT2D eigenvalue weighted by atomic mass is 32.2. The predicted octanol–water partition coefficient (Wildman–Crippen LogP) is 4.28. The molecule has 0 aliphatic carbocycles. The highest BCUT2D eigenvalue weighted by Gasteiger charge is 2.12. The Labute approximate surface area is 177 Å². The molecule has 0 fully saturated rings. The molecule has 7 nitrogen and oxygen atoms in total. The third-order valence-electron chi connectivity index (χ3n) is 4.59. The molecule has 0 spiro atoms. The third-order valence-corrected chi connectivity index (χ3v) is 5.57. The van der Waals surface area contributed by atoms with Crippen molar-refractivity contribution in [2.75, 3.05) is 7.11 Å². The van der Waals surface area contributed by atoms with Gasteiger partial charge < -0.3 is 14.9 Å². The predicted molar refractivity (Wildman–Crippen MR) is 113 cm³/mol. The Hall–Kier alpha value is -3.52. The second-order valence-corrected chi connectivity index (χ2v) is 7.65. The summed E-state index contributed by atoms with van der Waals surface area (Å²) >= 11 is 1.49. The number of methoxy groups -OCH3 is 1. The maximum absolute atomic E-state index is 10.7. The van der Waals surface area contributed by atoms with Crippen LogP contribution in [0.2, 0.25) is 0 Å². The lowest BCUT2D eigenvalue weighted by Crippen LogP contribution is -1.98. The molecule has 8 heteroatoms. The number of carboxylic acid groups (broad SMARTS) is 1. The molecule has 0 saturated heterocycles. The lowest BCUT2D eigenvalue weighted by atomic mass is 10.1. The minimum Gasteiger partial charge on any atom is -0.504 e. The lowest BCUT2D eigenvalue weighted by molar-refractivity contribution is -0.136. The highest BCUT2D eigenvalue weighted by Crippen LogP contribution is 2.33. The van der Waals surface area contributed by atoms with Crippen LogP contribution in [0.15, 0.2) is 71.0 Å². The zero-order valence-corrected chi connectivity index (χ0v) is 17.0. The number of carbonyl (C=O) groups is 1. The number of phenolic OH excluding ortho intramolecular Hbond substituents is 1. The quantitative estimate of drug-likeness (QED) is 0.430. The van der Waals surface area contributed by atoms with Crippen molar-refractivity contribution in [1.29, 1.82) is 0 Å². The first-order chi connectivity index (χ1) is 14.5. The van der Waals surface area contributed by atoms with Gasteiger partial charge in [-0.15, -0.1) is 0 Å². The van der Waals surface area contributed by atoms with Crippen molar-refractivity contribution in [3.63, 3.8) is 0 Å². The van der Waals surface area contributed by atoms with Crippen LogP contribution in [0, 0.1) is 0 Å². The van der Waals surface area contributed by atoms with Crippen LogP contribution in [0.3, 0.4) is 0 Å². The van der Waals surface area contributed by atoms with E-state index in [1.54, 1.807) is 24.4 Å². The van der Waals surface area contributed by atoms with Gasteiger partial charge in [-0.25, -0.2) is 9.97 Å². The number of carboxylic acids is 1. The number of ether oxygens (including phenoxy) is 1. The number of hydrogen-bond donors (Lipinski definition) is 2. The smallest absolute Gasteiger partial charge is 0.303 e. The van der Waals surface area contributed by atoms with Crippen LogP contribution in [0.4, 0.5) is 0 Å². The van der Waals surface area contributed by atoms with Gasteiger partial charge in [0.05, 0.1) is 12.8 Å². The maximum atomic E-state index is 10.7. The monoisotopic (exact) mass is 421 g/mol. The summed E-state index contributed by atoms with van der Waals surface area (Å²) in [6, 6.07) is 14.8. The normalized spacial score (nSPS) is 11.0. The molecule has 30 heavy (non-hydrogen) atoms. The maximum Gasteiger partial charge on any atom is 0.303 e. The van der Waals surface area contributed by atoms with Crippen LogP contribution in [-0.2, 0) is 11.2 Å². The van der Waals surface area contributed by atoms with E-state index in [1.807, 2.05) is 40.9 Å². The molecule has 0 aliphatic heterocycles. The van der Waals surface area contributed by atoms with Crippen molar-refractivity contribution in [1.82, 2.24) is 14.4 Å². The van der Waals surface area contributed by atoms with E-state index in [9.17, 15) is 9.90 Å². The van der Waals surface area contributed by atoms with Crippen LogP contribution in [0.5, 0.6) is 11.5 Å². The fourth-order valence-corrected chi connectivity index (χ4v) is 3.91. The van der Waals surface area contributed by atoms with Crippen LogP contribution in [0.25, 0.3) is 16.9 Å². The van der Waals surface area contributed by atoms with E-state index in [2.05, 4.69) is 4.98 Å². The topological polar surface area (TPSA) is 97.0 Å². The van der Waals surface area contributed by atoms with Crippen LogP contribution in [0.1, 0.15) is 12.0 Å². The van der Waals surface area contributed by atoms with Gasteiger partial charge in [0.2, 0.25) is 0 Å². The van der Waals surface area contributed by atoms with Gasteiger partial charge >= 0.3 is 5.97 Å². The molecular weight excluding hydrogens is 402 g/mol. The molecule has 0 amide bonds. The number of imidazole rings is 1. The van der Waals surface area contributed by atoms with E-state index in [-0.39, 0.29) is 12.2 Å². The summed E-state index contributed by atoms with van der Waals surface area (Å²) in [6.07, 6.45) is 4.19. The highest BCUT2D eigenvalue weighted by molar-refractivity contribution is 7.99. The second-order valence-electron chi connectivity index (χ2n) is 6.61. The molecule has 152 valence electrons. The third kappa shape index (κ3) is 4.23. The van der Waals surface area contributed by atoms with Gasteiger partial charge in [0.1, 0.15) is 5.65 Å². The zero-order chi connectivity index (χ0) is 21.1. The molecule has 0 radical (unpaired) electrons. The Morgan fingerprint density at radius 2 is 1.97 bits per heavy atom. The standard InChI is InChI=1S/C22H19N3O4S/c1-29-19-12-15(5-8-18(19)26)17-13-20-23-10-11-25(20)22(24-17)30-16-6-2-14(3-7-16)4-9-21(27)28/h2-3,5-8,10-13,26H,4,9H2,1H3,(H,27,28). The summed E-state index contributed by atoms with van der Waals surface area (Å²) < 4.78 is 7.12. The van der Waals surface area contributed by atoms with Gasteiger partial charge in [0, 0.05) is 35.3 Å². The molecule has 4 rings (SSSR count). The molecule has 0 atom stereocenters. The van der Waals surface area contributed by atoms with E-state index < -0.39 is 5.97 Å². The molecule has 0 aliphatic rings. The lowest BCUT2D eigenvalue weighted by Gasteiger charge is -2.10. The fraction of sp³-hybridized carbons (Fsp3) is 0.136. The number of phenols is 1. The number of rotatable bonds is 7. The SMILES string of the molecule is COc1cc(-c2cc3nccn3c(Sc3ccc(CCC(=O)O)cc3)n2)ccc1O. The zero-order valence-electron chi connectivity index (χ0n) is 16.1. The Kier molecular flexibility index (Phi) is 5.58. The Morgan fingerprint density at radius 1 is 1.17 bits per heavy atom. The molecule has 2 heterocycles. The Bertz CT molecular complexity index is 1200. The van der Waals surface area contributed by atoms with E-state index in [1.165, 1.54) is 18.9 Å². The summed E-state index contributed by atoms with van der Waals surface area (Å²) in [5.74, 6) is -0.354. The molecule has 4 aromatic rings. The number of nitrogens with zero attached hydrogens (tertiary/aromatic N) is 3. The Balaban J connectivity index is 1.66. The number of fused-ring (bicyclic) bond motifs is 1. The van der Waals surface area contributed by atoms with Gasteiger partial charge in [0.25, 0.3) is 0 Å². The van der Waals surface area contributed by atoms with Gasteiger partial charge in [0.15, 0.2) is 16.7 Å². The van der Waals surface area contributed by atoms with Gasteiger partial charge in [-0.05, 0) is 42.3 Å². The summed E-state index contributed by atoms with van der Waals surface area (Å²) in [5, 5.41) is 19.4.